The second kappa shape index (κ2) is 7.80. The van der Waals surface area contributed by atoms with Crippen molar-refractivity contribution in [1.82, 2.24) is 15.1 Å². The van der Waals surface area contributed by atoms with E-state index in [9.17, 15) is 18.0 Å². The van der Waals surface area contributed by atoms with Crippen LogP contribution in [0.15, 0.2) is 0 Å². The molecule has 2 N–H and O–H groups in total. The average Bonchev–Trinajstić information content (AvgIpc) is 2.34. The Hall–Kier alpha value is -0.860. The van der Waals surface area contributed by atoms with E-state index in [1.165, 1.54) is 4.90 Å². The summed E-state index contributed by atoms with van der Waals surface area (Å²) in [5.74, 6) is -0.887. The van der Waals surface area contributed by atoms with Gasteiger partial charge in [0.25, 0.3) is 0 Å². The first kappa shape index (κ1) is 17.2. The summed E-state index contributed by atoms with van der Waals surface area (Å²) in [5, 5.41) is 11.9. The van der Waals surface area contributed by atoms with Crippen LogP contribution in [0.5, 0.6) is 0 Å². The number of hydrogen-bond acceptors (Lipinski definition) is 4. The van der Waals surface area contributed by atoms with Gasteiger partial charge in [0.05, 0.1) is 6.54 Å². The zero-order chi connectivity index (χ0) is 15.2. The Morgan fingerprint density at radius 1 is 1.25 bits per heavy atom. The van der Waals surface area contributed by atoms with Gasteiger partial charge in [-0.15, -0.1) is 0 Å². The number of hydrogen-bond donors (Lipinski definition) is 2. The van der Waals surface area contributed by atoms with E-state index in [4.69, 9.17) is 5.11 Å². The van der Waals surface area contributed by atoms with Crippen LogP contribution in [0.1, 0.15) is 13.3 Å². The maximum atomic E-state index is 12.2. The van der Waals surface area contributed by atoms with Gasteiger partial charge in [-0.05, 0) is 13.0 Å². The van der Waals surface area contributed by atoms with E-state index in [0.717, 1.165) is 0 Å². The highest BCUT2D eigenvalue weighted by Gasteiger charge is 2.32. The molecule has 0 saturated carbocycles. The fourth-order valence-electron chi connectivity index (χ4n) is 2.30. The maximum Gasteiger partial charge on any atom is 0.401 e. The Morgan fingerprint density at radius 3 is 2.25 bits per heavy atom. The second-order valence-electron chi connectivity index (χ2n) is 4.97. The molecule has 20 heavy (non-hydrogen) atoms. The molecule has 118 valence electrons. The molecule has 1 unspecified atom stereocenters. The van der Waals surface area contributed by atoms with Gasteiger partial charge in [0.1, 0.15) is 6.04 Å². The predicted molar refractivity (Wildman–Crippen MR) is 68.7 cm³/mol. The largest absolute Gasteiger partial charge is 0.480 e. The minimum absolute atomic E-state index is 0.373. The first-order chi connectivity index (χ1) is 9.31. The fraction of sp³-hybridized carbons (Fsp3) is 0.917. The molecular formula is C12H22F3N3O2. The number of rotatable bonds is 7. The van der Waals surface area contributed by atoms with E-state index < -0.39 is 24.7 Å². The van der Waals surface area contributed by atoms with Crippen LogP contribution in [0.25, 0.3) is 0 Å². The van der Waals surface area contributed by atoms with Crippen molar-refractivity contribution in [1.29, 1.82) is 0 Å². The Kier molecular flexibility index (Phi) is 6.70. The molecule has 1 heterocycles. The normalized spacial score (nSPS) is 20.0. The van der Waals surface area contributed by atoms with Gasteiger partial charge in [0, 0.05) is 32.7 Å². The van der Waals surface area contributed by atoms with Gasteiger partial charge < -0.3 is 15.3 Å². The first-order valence-electron chi connectivity index (χ1n) is 6.79. The molecule has 0 radical (unpaired) electrons. The van der Waals surface area contributed by atoms with Crippen LogP contribution < -0.4 is 5.32 Å². The zero-order valence-corrected chi connectivity index (χ0v) is 11.6. The van der Waals surface area contributed by atoms with Gasteiger partial charge in [0.2, 0.25) is 0 Å². The molecule has 1 atom stereocenters. The van der Waals surface area contributed by atoms with E-state index in [2.05, 4.69) is 5.32 Å². The third kappa shape index (κ3) is 6.53. The number of alkyl halides is 3. The van der Waals surface area contributed by atoms with Crippen LogP contribution in [0.3, 0.4) is 0 Å². The Morgan fingerprint density at radius 2 is 1.80 bits per heavy atom. The van der Waals surface area contributed by atoms with Crippen molar-refractivity contribution in [2.24, 2.45) is 0 Å². The molecule has 0 aromatic carbocycles. The molecule has 0 aliphatic carbocycles. The quantitative estimate of drug-likeness (QED) is 0.721. The lowest BCUT2D eigenvalue weighted by Crippen LogP contribution is -2.50. The number of nitrogens with zero attached hydrogens (tertiary/aromatic N) is 2. The Balaban J connectivity index is 2.26. The summed E-state index contributed by atoms with van der Waals surface area (Å²) in [7, 11) is 0. The van der Waals surface area contributed by atoms with Crippen molar-refractivity contribution < 1.29 is 23.1 Å². The van der Waals surface area contributed by atoms with Crippen molar-refractivity contribution in [3.8, 4) is 0 Å². The van der Waals surface area contributed by atoms with Crippen molar-refractivity contribution in [2.75, 3.05) is 45.8 Å². The molecule has 1 fully saturated rings. The van der Waals surface area contributed by atoms with Crippen molar-refractivity contribution >= 4 is 5.97 Å². The van der Waals surface area contributed by atoms with Crippen LogP contribution in [0, 0.1) is 0 Å². The monoisotopic (exact) mass is 297 g/mol. The van der Waals surface area contributed by atoms with Gasteiger partial charge in [0.15, 0.2) is 0 Å². The summed E-state index contributed by atoms with van der Waals surface area (Å²) in [6.07, 6.45) is -3.69. The number of carboxylic acids is 1. The third-order valence-electron chi connectivity index (χ3n) is 3.35. The van der Waals surface area contributed by atoms with Crippen molar-refractivity contribution in [3.05, 3.63) is 0 Å². The number of likely N-dealkylation sites (N-methyl/N-ethyl adjacent to an activating group) is 1. The molecule has 1 rings (SSSR count). The fourth-order valence-corrected chi connectivity index (χ4v) is 2.30. The Bertz CT molecular complexity index is 305. The zero-order valence-electron chi connectivity index (χ0n) is 11.6. The third-order valence-corrected chi connectivity index (χ3v) is 3.35. The standard InChI is InChI=1S/C12H22F3N3O2/c1-2-16-10(11(19)20)3-4-17-5-7-18(8-6-17)9-12(13,14)15/h10,16H,2-9H2,1H3,(H,19,20). The summed E-state index contributed by atoms with van der Waals surface area (Å²) in [5.41, 5.74) is 0. The summed E-state index contributed by atoms with van der Waals surface area (Å²) in [6.45, 7) is 3.99. The van der Waals surface area contributed by atoms with Crippen LogP contribution in [0.2, 0.25) is 0 Å². The van der Waals surface area contributed by atoms with E-state index >= 15 is 0 Å². The Labute approximate surface area is 116 Å². The lowest BCUT2D eigenvalue weighted by molar-refractivity contribution is -0.149. The molecule has 8 heteroatoms. The molecule has 1 aliphatic rings. The van der Waals surface area contributed by atoms with Gasteiger partial charge in [-0.2, -0.15) is 13.2 Å². The molecule has 0 spiro atoms. The van der Waals surface area contributed by atoms with Crippen molar-refractivity contribution in [3.63, 3.8) is 0 Å². The molecule has 0 aromatic heterocycles. The van der Waals surface area contributed by atoms with Gasteiger partial charge >= 0.3 is 12.1 Å². The molecule has 1 saturated heterocycles. The van der Waals surface area contributed by atoms with E-state index in [0.29, 0.717) is 45.7 Å². The molecular weight excluding hydrogens is 275 g/mol. The van der Waals surface area contributed by atoms with Gasteiger partial charge in [-0.1, -0.05) is 6.92 Å². The van der Waals surface area contributed by atoms with Crippen molar-refractivity contribution in [2.45, 2.75) is 25.6 Å². The van der Waals surface area contributed by atoms with E-state index in [1.807, 2.05) is 11.8 Å². The molecule has 0 amide bonds. The molecule has 5 nitrogen and oxygen atoms in total. The number of nitrogens with one attached hydrogen (secondary N) is 1. The highest BCUT2D eigenvalue weighted by molar-refractivity contribution is 5.73. The van der Waals surface area contributed by atoms with Crippen LogP contribution in [-0.2, 0) is 4.79 Å². The molecule has 1 aliphatic heterocycles. The smallest absolute Gasteiger partial charge is 0.401 e. The highest BCUT2D eigenvalue weighted by atomic mass is 19.4. The number of halogens is 3. The summed E-state index contributed by atoms with van der Waals surface area (Å²) >= 11 is 0. The number of carboxylic acid groups (broad SMARTS) is 1. The summed E-state index contributed by atoms with van der Waals surface area (Å²) in [4.78, 5) is 14.4. The molecule has 0 aromatic rings. The minimum Gasteiger partial charge on any atom is -0.480 e. The topological polar surface area (TPSA) is 55.8 Å². The number of aliphatic carboxylic acids is 1. The average molecular weight is 297 g/mol. The summed E-state index contributed by atoms with van der Waals surface area (Å²) < 4.78 is 36.7. The maximum absolute atomic E-state index is 12.2. The second-order valence-corrected chi connectivity index (χ2v) is 4.97. The number of piperazine rings is 1. The lowest BCUT2D eigenvalue weighted by atomic mass is 10.2. The summed E-state index contributed by atoms with van der Waals surface area (Å²) in [6, 6.07) is -0.590. The van der Waals surface area contributed by atoms with E-state index in [1.54, 1.807) is 0 Å². The predicted octanol–water partition coefficient (Wildman–Crippen LogP) is 0.619. The minimum atomic E-state index is -4.15. The SMILES string of the molecule is CCNC(CCN1CCN(CC(F)(F)F)CC1)C(=O)O. The van der Waals surface area contributed by atoms with Crippen LogP contribution in [-0.4, -0.2) is 78.9 Å². The van der Waals surface area contributed by atoms with E-state index in [-0.39, 0.29) is 0 Å². The molecule has 0 bridgehead atoms. The van der Waals surface area contributed by atoms with Crippen LogP contribution >= 0.6 is 0 Å². The first-order valence-corrected chi connectivity index (χ1v) is 6.79. The lowest BCUT2D eigenvalue weighted by Gasteiger charge is -2.35. The van der Waals surface area contributed by atoms with Crippen LogP contribution in [0.4, 0.5) is 13.2 Å². The van der Waals surface area contributed by atoms with Gasteiger partial charge in [-0.25, -0.2) is 0 Å². The van der Waals surface area contributed by atoms with Gasteiger partial charge in [-0.3, -0.25) is 9.69 Å². The number of carbonyl (C=O) groups is 1. The highest BCUT2D eigenvalue weighted by Crippen LogP contribution is 2.17.